The van der Waals surface area contributed by atoms with E-state index in [1.165, 1.54) is 11.8 Å². The van der Waals surface area contributed by atoms with Gasteiger partial charge in [0.25, 0.3) is 0 Å². The number of hydrogen-bond donors (Lipinski definition) is 0. The lowest BCUT2D eigenvalue weighted by Gasteiger charge is -2.20. The normalized spacial score (nSPS) is 13.9. The van der Waals surface area contributed by atoms with Crippen molar-refractivity contribution in [2.24, 2.45) is 0 Å². The van der Waals surface area contributed by atoms with E-state index in [1.54, 1.807) is 11.6 Å². The smallest absolute Gasteiger partial charge is 0.210 e. The lowest BCUT2D eigenvalue weighted by molar-refractivity contribution is -0.116. The molecule has 1 unspecified atom stereocenters. The molecule has 5 nitrogen and oxygen atoms in total. The van der Waals surface area contributed by atoms with Gasteiger partial charge in [-0.2, -0.15) is 0 Å². The number of thioether (sulfide) groups is 1. The zero-order chi connectivity index (χ0) is 11.6. The van der Waals surface area contributed by atoms with Crippen molar-refractivity contribution in [3.63, 3.8) is 0 Å². The topological polar surface area (TPSA) is 60.7 Å². The molecule has 0 spiro atoms. The van der Waals surface area contributed by atoms with Gasteiger partial charge in [-0.25, -0.2) is 4.68 Å². The molecule has 0 aliphatic rings. The molecule has 0 saturated carbocycles. The molecule has 1 rings (SSSR count). The van der Waals surface area contributed by atoms with Crippen molar-refractivity contribution in [1.82, 2.24) is 20.2 Å². The summed E-state index contributed by atoms with van der Waals surface area (Å²) in [4.78, 5) is 11.1. The zero-order valence-electron chi connectivity index (χ0n) is 9.68. The van der Waals surface area contributed by atoms with Crippen LogP contribution in [-0.4, -0.2) is 31.2 Å². The van der Waals surface area contributed by atoms with E-state index in [1.807, 2.05) is 27.7 Å². The average molecular weight is 228 g/mol. The molecule has 0 aliphatic heterocycles. The van der Waals surface area contributed by atoms with E-state index in [2.05, 4.69) is 15.5 Å². The van der Waals surface area contributed by atoms with Gasteiger partial charge in [-0.3, -0.25) is 4.79 Å². The minimum absolute atomic E-state index is 0.114. The molecule has 0 N–H and O–H groups in total. The Labute approximate surface area is 93.6 Å². The zero-order valence-corrected chi connectivity index (χ0v) is 10.5. The van der Waals surface area contributed by atoms with Crippen LogP contribution >= 0.6 is 11.8 Å². The maximum Gasteiger partial charge on any atom is 0.210 e. The molecule has 1 aromatic rings. The summed E-state index contributed by atoms with van der Waals surface area (Å²) < 4.78 is 1.73. The summed E-state index contributed by atoms with van der Waals surface area (Å²) in [5, 5.41) is 12.0. The van der Waals surface area contributed by atoms with Crippen molar-refractivity contribution in [3.8, 4) is 0 Å². The Balaban J connectivity index is 2.87. The Kier molecular flexibility index (Phi) is 3.49. The molecule has 0 radical (unpaired) electrons. The van der Waals surface area contributed by atoms with Gasteiger partial charge in [0.1, 0.15) is 5.78 Å². The Hall–Kier alpha value is -0.910. The number of hydrogen-bond acceptors (Lipinski definition) is 5. The van der Waals surface area contributed by atoms with E-state index in [0.29, 0.717) is 5.16 Å². The van der Waals surface area contributed by atoms with Gasteiger partial charge in [-0.15, -0.1) is 5.10 Å². The number of ketones is 1. The minimum atomic E-state index is -0.164. The van der Waals surface area contributed by atoms with Crippen LogP contribution in [0.5, 0.6) is 0 Å². The maximum absolute atomic E-state index is 11.1. The molecule has 1 heterocycles. The molecular weight excluding hydrogens is 212 g/mol. The van der Waals surface area contributed by atoms with Crippen LogP contribution in [0.2, 0.25) is 0 Å². The molecule has 0 aromatic carbocycles. The fourth-order valence-corrected chi connectivity index (χ4v) is 1.89. The SMILES string of the molecule is CC(=O)C(C)Sc1nnnn1C(C)(C)C. The van der Waals surface area contributed by atoms with Crippen LogP contribution in [0.4, 0.5) is 0 Å². The summed E-state index contributed by atoms with van der Waals surface area (Å²) in [6.07, 6.45) is 0. The third kappa shape index (κ3) is 3.02. The summed E-state index contributed by atoms with van der Waals surface area (Å²) in [5.41, 5.74) is -0.164. The summed E-state index contributed by atoms with van der Waals surface area (Å²) in [7, 11) is 0. The molecule has 1 aromatic heterocycles. The van der Waals surface area contributed by atoms with Gasteiger partial charge >= 0.3 is 0 Å². The number of rotatable bonds is 3. The van der Waals surface area contributed by atoms with E-state index in [-0.39, 0.29) is 16.6 Å². The van der Waals surface area contributed by atoms with Gasteiger partial charge in [0.05, 0.1) is 10.8 Å². The number of Topliss-reactive ketones (excluding diaryl/α,β-unsaturated/α-hetero) is 1. The molecule has 0 amide bonds. The quantitative estimate of drug-likeness (QED) is 0.734. The van der Waals surface area contributed by atoms with Crippen LogP contribution in [0, 0.1) is 0 Å². The maximum atomic E-state index is 11.1. The Bertz CT molecular complexity index is 355. The van der Waals surface area contributed by atoms with E-state index in [4.69, 9.17) is 0 Å². The van der Waals surface area contributed by atoms with Crippen LogP contribution in [-0.2, 0) is 10.3 Å². The number of carbonyl (C=O) groups is 1. The Morgan fingerprint density at radius 1 is 1.47 bits per heavy atom. The predicted molar refractivity (Wildman–Crippen MR) is 58.8 cm³/mol. The van der Waals surface area contributed by atoms with Crippen LogP contribution in [0.25, 0.3) is 0 Å². The highest BCUT2D eigenvalue weighted by molar-refractivity contribution is 8.00. The highest BCUT2D eigenvalue weighted by Gasteiger charge is 2.22. The molecular formula is C9H16N4OS. The minimum Gasteiger partial charge on any atom is -0.299 e. The monoisotopic (exact) mass is 228 g/mol. The summed E-state index contributed by atoms with van der Waals surface area (Å²) >= 11 is 1.39. The second-order valence-corrected chi connectivity index (χ2v) is 5.72. The third-order valence-electron chi connectivity index (χ3n) is 1.93. The van der Waals surface area contributed by atoms with Gasteiger partial charge in [0.15, 0.2) is 0 Å². The number of tetrazole rings is 1. The van der Waals surface area contributed by atoms with Crippen molar-refractivity contribution >= 4 is 17.5 Å². The van der Waals surface area contributed by atoms with Crippen molar-refractivity contribution in [2.45, 2.75) is 50.6 Å². The van der Waals surface area contributed by atoms with Crippen molar-refractivity contribution in [3.05, 3.63) is 0 Å². The van der Waals surface area contributed by atoms with Crippen LogP contribution in [0.1, 0.15) is 34.6 Å². The third-order valence-corrected chi connectivity index (χ3v) is 3.08. The van der Waals surface area contributed by atoms with Gasteiger partial charge < -0.3 is 0 Å². The fraction of sp³-hybridized carbons (Fsp3) is 0.778. The fourth-order valence-electron chi connectivity index (χ4n) is 0.915. The molecule has 15 heavy (non-hydrogen) atoms. The number of aromatic nitrogens is 4. The lowest BCUT2D eigenvalue weighted by atomic mass is 10.1. The first kappa shape index (κ1) is 12.2. The number of nitrogens with zero attached hydrogens (tertiary/aromatic N) is 4. The van der Waals surface area contributed by atoms with E-state index in [9.17, 15) is 4.79 Å². The lowest BCUT2D eigenvalue weighted by Crippen LogP contribution is -2.25. The first-order chi connectivity index (χ1) is 6.82. The van der Waals surface area contributed by atoms with Gasteiger partial charge in [-0.1, -0.05) is 11.8 Å². The first-order valence-electron chi connectivity index (χ1n) is 4.78. The van der Waals surface area contributed by atoms with E-state index in [0.717, 1.165) is 0 Å². The summed E-state index contributed by atoms with van der Waals surface area (Å²) in [6.45, 7) is 9.49. The molecule has 0 saturated heterocycles. The van der Waals surface area contributed by atoms with Gasteiger partial charge in [0, 0.05) is 0 Å². The average Bonchev–Trinajstić information content (AvgIpc) is 2.50. The van der Waals surface area contributed by atoms with E-state index < -0.39 is 0 Å². The molecule has 1 atom stereocenters. The summed E-state index contributed by atoms with van der Waals surface area (Å²) in [6, 6.07) is 0. The van der Waals surface area contributed by atoms with Crippen molar-refractivity contribution in [1.29, 1.82) is 0 Å². The second kappa shape index (κ2) is 4.30. The van der Waals surface area contributed by atoms with Crippen LogP contribution in [0.3, 0.4) is 0 Å². The molecule has 0 aliphatic carbocycles. The van der Waals surface area contributed by atoms with Crippen LogP contribution < -0.4 is 0 Å². The van der Waals surface area contributed by atoms with Crippen molar-refractivity contribution < 1.29 is 4.79 Å². The molecule has 6 heteroatoms. The standard InChI is InChI=1S/C9H16N4OS/c1-6(14)7(2)15-8-10-11-12-13(8)9(3,4)5/h7H,1-5H3. The molecule has 0 bridgehead atoms. The largest absolute Gasteiger partial charge is 0.299 e. The molecule has 84 valence electrons. The van der Waals surface area contributed by atoms with Crippen LogP contribution in [0.15, 0.2) is 5.16 Å². The highest BCUT2D eigenvalue weighted by atomic mass is 32.2. The summed E-state index contributed by atoms with van der Waals surface area (Å²) in [5.74, 6) is 0.128. The van der Waals surface area contributed by atoms with E-state index >= 15 is 0 Å². The predicted octanol–water partition coefficient (Wildman–Crippen LogP) is 1.50. The van der Waals surface area contributed by atoms with Gasteiger partial charge in [0.2, 0.25) is 5.16 Å². The number of carbonyl (C=O) groups excluding carboxylic acids is 1. The Morgan fingerprint density at radius 3 is 2.53 bits per heavy atom. The molecule has 0 fully saturated rings. The van der Waals surface area contributed by atoms with Crippen molar-refractivity contribution in [2.75, 3.05) is 0 Å². The first-order valence-corrected chi connectivity index (χ1v) is 5.66. The Morgan fingerprint density at radius 2 is 2.07 bits per heavy atom. The second-order valence-electron chi connectivity index (χ2n) is 4.41. The van der Waals surface area contributed by atoms with Gasteiger partial charge in [-0.05, 0) is 45.0 Å². The highest BCUT2D eigenvalue weighted by Crippen LogP contribution is 2.25.